The fraction of sp³-hybridized carbons (Fsp3) is 0.455. The molecule has 2 N–H and O–H groups in total. The molecule has 0 saturated carbocycles. The molecule has 0 aliphatic carbocycles. The first-order chi connectivity index (χ1) is 8.99. The van der Waals surface area contributed by atoms with Gasteiger partial charge in [0.25, 0.3) is 5.91 Å². The first-order valence-electron chi connectivity index (χ1n) is 5.76. The van der Waals surface area contributed by atoms with Gasteiger partial charge in [-0.1, -0.05) is 23.2 Å². The second-order valence-corrected chi connectivity index (χ2v) is 5.11. The Kier molecular flexibility index (Phi) is 4.21. The monoisotopic (exact) mass is 302 g/mol. The molecule has 1 aromatic rings. The van der Waals surface area contributed by atoms with Gasteiger partial charge >= 0.3 is 0 Å². The molecule has 1 atom stereocenters. The summed E-state index contributed by atoms with van der Waals surface area (Å²) < 4.78 is 0. The Morgan fingerprint density at radius 1 is 1.37 bits per heavy atom. The fourth-order valence-corrected chi connectivity index (χ4v) is 2.39. The summed E-state index contributed by atoms with van der Waals surface area (Å²) in [6.45, 7) is 0.851. The Bertz CT molecular complexity index is 523. The van der Waals surface area contributed by atoms with Gasteiger partial charge in [-0.3, -0.25) is 9.59 Å². The summed E-state index contributed by atoms with van der Waals surface area (Å²) in [6, 6.07) is 1.37. The molecule has 19 heavy (non-hydrogen) atoms. The van der Waals surface area contributed by atoms with Gasteiger partial charge in [0.2, 0.25) is 5.91 Å². The van der Waals surface area contributed by atoms with Gasteiger partial charge in [-0.15, -0.1) is 10.2 Å². The van der Waals surface area contributed by atoms with Crippen LogP contribution in [0.4, 0.5) is 0 Å². The van der Waals surface area contributed by atoms with Crippen molar-refractivity contribution in [2.24, 2.45) is 11.7 Å². The summed E-state index contributed by atoms with van der Waals surface area (Å²) in [4.78, 5) is 25.0. The molecular weight excluding hydrogens is 291 g/mol. The maximum Gasteiger partial charge on any atom is 0.257 e. The number of likely N-dealkylation sites (tertiary alicyclic amines) is 1. The van der Waals surface area contributed by atoms with Crippen molar-refractivity contribution in [1.82, 2.24) is 15.1 Å². The molecular formula is C11H12Cl2N4O2. The molecule has 8 heteroatoms. The minimum Gasteiger partial charge on any atom is -0.369 e. The van der Waals surface area contributed by atoms with Crippen molar-refractivity contribution in [3.05, 3.63) is 21.9 Å². The predicted octanol–water partition coefficient (Wildman–Crippen LogP) is 1.12. The number of piperidine rings is 1. The van der Waals surface area contributed by atoms with E-state index in [1.807, 2.05) is 0 Å². The van der Waals surface area contributed by atoms with Gasteiger partial charge in [0.1, 0.15) is 0 Å². The SMILES string of the molecule is NC(=O)C1CCCN(C(=O)c2cc(Cl)nnc2Cl)C1. The minimum absolute atomic E-state index is 0.00408. The van der Waals surface area contributed by atoms with Gasteiger partial charge in [0.15, 0.2) is 10.3 Å². The van der Waals surface area contributed by atoms with Crippen molar-refractivity contribution < 1.29 is 9.59 Å². The molecule has 0 bridgehead atoms. The Morgan fingerprint density at radius 2 is 2.11 bits per heavy atom. The van der Waals surface area contributed by atoms with Crippen LogP contribution in [0, 0.1) is 5.92 Å². The van der Waals surface area contributed by atoms with Gasteiger partial charge in [0.05, 0.1) is 11.5 Å². The molecule has 0 radical (unpaired) electrons. The van der Waals surface area contributed by atoms with Crippen LogP contribution in [0.25, 0.3) is 0 Å². The first-order valence-corrected chi connectivity index (χ1v) is 6.52. The Labute approximate surface area is 119 Å². The molecule has 1 unspecified atom stereocenters. The highest BCUT2D eigenvalue weighted by atomic mass is 35.5. The van der Waals surface area contributed by atoms with Crippen LogP contribution in [0.1, 0.15) is 23.2 Å². The number of carbonyl (C=O) groups excluding carboxylic acids is 2. The van der Waals surface area contributed by atoms with Crippen molar-refractivity contribution in [1.29, 1.82) is 0 Å². The van der Waals surface area contributed by atoms with Crippen molar-refractivity contribution >= 4 is 35.0 Å². The zero-order chi connectivity index (χ0) is 14.0. The van der Waals surface area contributed by atoms with Crippen LogP contribution in [0.5, 0.6) is 0 Å². The molecule has 2 amide bonds. The zero-order valence-electron chi connectivity index (χ0n) is 9.97. The van der Waals surface area contributed by atoms with E-state index in [1.165, 1.54) is 11.0 Å². The van der Waals surface area contributed by atoms with E-state index in [9.17, 15) is 9.59 Å². The lowest BCUT2D eigenvalue weighted by Crippen LogP contribution is -2.44. The number of rotatable bonds is 2. The third-order valence-corrected chi connectivity index (χ3v) is 3.52. The topological polar surface area (TPSA) is 89.2 Å². The number of nitrogens with two attached hydrogens (primary N) is 1. The molecule has 6 nitrogen and oxygen atoms in total. The van der Waals surface area contributed by atoms with E-state index in [-0.39, 0.29) is 27.7 Å². The van der Waals surface area contributed by atoms with Gasteiger partial charge in [-0.05, 0) is 18.9 Å². The third kappa shape index (κ3) is 3.13. The third-order valence-electron chi connectivity index (χ3n) is 3.06. The summed E-state index contributed by atoms with van der Waals surface area (Å²) in [5, 5.41) is 7.23. The number of nitrogens with zero attached hydrogens (tertiary/aromatic N) is 3. The van der Waals surface area contributed by atoms with E-state index in [2.05, 4.69) is 10.2 Å². The number of aromatic nitrogens is 2. The average molecular weight is 303 g/mol. The van der Waals surface area contributed by atoms with Crippen LogP contribution in [0.2, 0.25) is 10.3 Å². The molecule has 1 aliphatic heterocycles. The van der Waals surface area contributed by atoms with Gasteiger partial charge in [-0.2, -0.15) is 0 Å². The smallest absolute Gasteiger partial charge is 0.257 e. The largest absolute Gasteiger partial charge is 0.369 e. The van der Waals surface area contributed by atoms with Crippen LogP contribution < -0.4 is 5.73 Å². The van der Waals surface area contributed by atoms with Crippen molar-refractivity contribution in [3.63, 3.8) is 0 Å². The molecule has 2 rings (SSSR count). The van der Waals surface area contributed by atoms with Gasteiger partial charge < -0.3 is 10.6 Å². The van der Waals surface area contributed by atoms with E-state index in [0.29, 0.717) is 19.5 Å². The summed E-state index contributed by atoms with van der Waals surface area (Å²) >= 11 is 11.5. The highest BCUT2D eigenvalue weighted by Gasteiger charge is 2.28. The van der Waals surface area contributed by atoms with Crippen LogP contribution in [-0.4, -0.2) is 40.0 Å². The second kappa shape index (κ2) is 5.71. The zero-order valence-corrected chi connectivity index (χ0v) is 11.5. The van der Waals surface area contributed by atoms with Crippen molar-refractivity contribution in [2.45, 2.75) is 12.8 Å². The van der Waals surface area contributed by atoms with E-state index in [1.54, 1.807) is 0 Å². The number of hydrogen-bond donors (Lipinski definition) is 1. The quantitative estimate of drug-likeness (QED) is 0.886. The molecule has 102 valence electrons. The molecule has 2 heterocycles. The number of halogens is 2. The average Bonchev–Trinajstić information content (AvgIpc) is 2.41. The predicted molar refractivity (Wildman–Crippen MR) is 69.9 cm³/mol. The molecule has 1 aliphatic rings. The number of amides is 2. The Hall–Kier alpha value is -1.40. The van der Waals surface area contributed by atoms with E-state index >= 15 is 0 Å². The summed E-state index contributed by atoms with van der Waals surface area (Å²) in [5.74, 6) is -1.02. The molecule has 1 aromatic heterocycles. The number of carbonyl (C=O) groups is 2. The Balaban J connectivity index is 2.19. The Morgan fingerprint density at radius 3 is 2.79 bits per heavy atom. The summed E-state index contributed by atoms with van der Waals surface area (Å²) in [7, 11) is 0. The lowest BCUT2D eigenvalue weighted by atomic mass is 9.97. The minimum atomic E-state index is -0.394. The lowest BCUT2D eigenvalue weighted by molar-refractivity contribution is -0.123. The lowest BCUT2D eigenvalue weighted by Gasteiger charge is -2.31. The standard InChI is InChI=1S/C11H12Cl2N4O2/c12-8-4-7(9(13)16-15-8)11(19)17-3-1-2-6(5-17)10(14)18/h4,6H,1-3,5H2,(H2,14,18). The molecule has 0 aromatic carbocycles. The van der Waals surface area contributed by atoms with Crippen LogP contribution >= 0.6 is 23.2 Å². The summed E-state index contributed by atoms with van der Waals surface area (Å²) in [6.07, 6.45) is 1.42. The number of primary amides is 1. The second-order valence-electron chi connectivity index (χ2n) is 4.36. The normalized spacial score (nSPS) is 19.3. The van der Waals surface area contributed by atoms with Crippen LogP contribution in [0.15, 0.2) is 6.07 Å². The van der Waals surface area contributed by atoms with Crippen LogP contribution in [-0.2, 0) is 4.79 Å². The highest BCUT2D eigenvalue weighted by Crippen LogP contribution is 2.22. The maximum atomic E-state index is 12.3. The van der Waals surface area contributed by atoms with E-state index in [4.69, 9.17) is 28.9 Å². The molecule has 1 saturated heterocycles. The van der Waals surface area contributed by atoms with Gasteiger partial charge in [0, 0.05) is 13.1 Å². The first kappa shape index (κ1) is 14.0. The molecule has 0 spiro atoms. The number of hydrogen-bond acceptors (Lipinski definition) is 4. The highest BCUT2D eigenvalue weighted by molar-refractivity contribution is 6.34. The van der Waals surface area contributed by atoms with E-state index < -0.39 is 5.91 Å². The maximum absolute atomic E-state index is 12.3. The van der Waals surface area contributed by atoms with E-state index in [0.717, 1.165) is 6.42 Å². The summed E-state index contributed by atoms with van der Waals surface area (Å²) in [5.41, 5.74) is 5.46. The van der Waals surface area contributed by atoms with Crippen molar-refractivity contribution in [2.75, 3.05) is 13.1 Å². The fourth-order valence-electron chi connectivity index (χ4n) is 2.07. The van der Waals surface area contributed by atoms with Crippen molar-refractivity contribution in [3.8, 4) is 0 Å². The van der Waals surface area contributed by atoms with Gasteiger partial charge in [-0.25, -0.2) is 0 Å². The molecule has 1 fully saturated rings. The van der Waals surface area contributed by atoms with Crippen LogP contribution in [0.3, 0.4) is 0 Å².